The SMILES string of the molecule is CCOCCN(C)c1ccc([C@@H](C)N)cc1Cl. The van der Waals surface area contributed by atoms with Gasteiger partial charge in [0.1, 0.15) is 0 Å². The Morgan fingerprint density at radius 2 is 2.18 bits per heavy atom. The van der Waals surface area contributed by atoms with Gasteiger partial charge < -0.3 is 15.4 Å². The van der Waals surface area contributed by atoms with E-state index in [4.69, 9.17) is 22.1 Å². The first-order valence-corrected chi connectivity index (χ1v) is 6.28. The van der Waals surface area contributed by atoms with Crippen molar-refractivity contribution in [2.45, 2.75) is 19.9 Å². The number of benzene rings is 1. The van der Waals surface area contributed by atoms with Crippen molar-refractivity contribution in [3.63, 3.8) is 0 Å². The van der Waals surface area contributed by atoms with Crippen LogP contribution in [0.15, 0.2) is 18.2 Å². The first kappa shape index (κ1) is 14.3. The zero-order chi connectivity index (χ0) is 12.8. The summed E-state index contributed by atoms with van der Waals surface area (Å²) in [7, 11) is 2.01. The van der Waals surface area contributed by atoms with Crippen molar-refractivity contribution in [3.05, 3.63) is 28.8 Å². The van der Waals surface area contributed by atoms with E-state index < -0.39 is 0 Å². The molecule has 2 N–H and O–H groups in total. The number of nitrogens with two attached hydrogens (primary N) is 1. The molecular weight excluding hydrogens is 236 g/mol. The third-order valence-corrected chi connectivity index (χ3v) is 2.99. The number of ether oxygens (including phenoxy) is 1. The van der Waals surface area contributed by atoms with Gasteiger partial charge in [0.05, 0.1) is 17.3 Å². The molecule has 17 heavy (non-hydrogen) atoms. The highest BCUT2D eigenvalue weighted by Crippen LogP contribution is 2.27. The summed E-state index contributed by atoms with van der Waals surface area (Å²) in [5.74, 6) is 0. The van der Waals surface area contributed by atoms with Gasteiger partial charge in [0, 0.05) is 26.2 Å². The molecule has 0 saturated heterocycles. The van der Waals surface area contributed by atoms with Crippen molar-refractivity contribution >= 4 is 17.3 Å². The Morgan fingerprint density at radius 3 is 2.71 bits per heavy atom. The lowest BCUT2D eigenvalue weighted by molar-refractivity contribution is 0.154. The van der Waals surface area contributed by atoms with E-state index in [1.54, 1.807) is 0 Å². The first-order chi connectivity index (χ1) is 8.06. The molecule has 0 aliphatic rings. The summed E-state index contributed by atoms with van der Waals surface area (Å²) in [6, 6.07) is 5.96. The maximum Gasteiger partial charge on any atom is 0.0642 e. The Kier molecular flexibility index (Phi) is 5.75. The monoisotopic (exact) mass is 256 g/mol. The minimum atomic E-state index is 0.00952. The standard InChI is InChI=1S/C13H21ClN2O/c1-4-17-8-7-16(3)13-6-5-11(10(2)15)9-12(13)14/h5-6,9-10H,4,7-8,15H2,1-3H3/t10-/m1/s1. The summed E-state index contributed by atoms with van der Waals surface area (Å²) < 4.78 is 5.32. The third-order valence-electron chi connectivity index (χ3n) is 2.68. The summed E-state index contributed by atoms with van der Waals surface area (Å²) >= 11 is 6.24. The van der Waals surface area contributed by atoms with E-state index in [-0.39, 0.29) is 6.04 Å². The van der Waals surface area contributed by atoms with Crippen LogP contribution < -0.4 is 10.6 Å². The van der Waals surface area contributed by atoms with E-state index in [0.29, 0.717) is 6.61 Å². The van der Waals surface area contributed by atoms with Crippen LogP contribution in [0.3, 0.4) is 0 Å². The molecule has 1 rings (SSSR count). The first-order valence-electron chi connectivity index (χ1n) is 5.90. The highest BCUT2D eigenvalue weighted by Gasteiger charge is 2.08. The van der Waals surface area contributed by atoms with Gasteiger partial charge in [-0.3, -0.25) is 0 Å². The molecule has 0 amide bonds. The molecule has 0 spiro atoms. The fourth-order valence-corrected chi connectivity index (χ4v) is 1.92. The molecular formula is C13H21ClN2O. The molecule has 1 aromatic rings. The minimum absolute atomic E-state index is 0.00952. The molecule has 1 aromatic carbocycles. The van der Waals surface area contributed by atoms with Crippen molar-refractivity contribution in [2.24, 2.45) is 5.73 Å². The van der Waals surface area contributed by atoms with Crippen LogP contribution in [-0.2, 0) is 4.74 Å². The van der Waals surface area contributed by atoms with E-state index in [1.165, 1.54) is 0 Å². The zero-order valence-electron chi connectivity index (χ0n) is 10.7. The summed E-state index contributed by atoms with van der Waals surface area (Å²) in [6.07, 6.45) is 0. The topological polar surface area (TPSA) is 38.5 Å². The van der Waals surface area contributed by atoms with Crippen molar-refractivity contribution in [3.8, 4) is 0 Å². The minimum Gasteiger partial charge on any atom is -0.380 e. The van der Waals surface area contributed by atoms with Crippen molar-refractivity contribution < 1.29 is 4.74 Å². The lowest BCUT2D eigenvalue weighted by Gasteiger charge is -2.21. The van der Waals surface area contributed by atoms with Gasteiger partial charge in [0.25, 0.3) is 0 Å². The number of likely N-dealkylation sites (N-methyl/N-ethyl adjacent to an activating group) is 1. The van der Waals surface area contributed by atoms with Gasteiger partial charge in [-0.05, 0) is 31.5 Å². The maximum atomic E-state index is 6.24. The van der Waals surface area contributed by atoms with Gasteiger partial charge in [-0.15, -0.1) is 0 Å². The number of hydrogen-bond donors (Lipinski definition) is 1. The third kappa shape index (κ3) is 4.19. The van der Waals surface area contributed by atoms with Crippen LogP contribution in [0.5, 0.6) is 0 Å². The van der Waals surface area contributed by atoms with Gasteiger partial charge in [0.2, 0.25) is 0 Å². The summed E-state index contributed by atoms with van der Waals surface area (Å²) in [5.41, 5.74) is 7.88. The van der Waals surface area contributed by atoms with E-state index in [0.717, 1.165) is 29.4 Å². The number of halogens is 1. The number of hydrogen-bond acceptors (Lipinski definition) is 3. The van der Waals surface area contributed by atoms with Crippen LogP contribution >= 0.6 is 11.6 Å². The van der Waals surface area contributed by atoms with Crippen molar-refractivity contribution in [1.82, 2.24) is 0 Å². The van der Waals surface area contributed by atoms with Crippen molar-refractivity contribution in [2.75, 3.05) is 31.7 Å². The molecule has 0 aliphatic heterocycles. The molecule has 4 heteroatoms. The van der Waals surface area contributed by atoms with Crippen LogP contribution in [-0.4, -0.2) is 26.8 Å². The molecule has 0 aliphatic carbocycles. The van der Waals surface area contributed by atoms with Gasteiger partial charge in [0.15, 0.2) is 0 Å². The van der Waals surface area contributed by atoms with E-state index in [2.05, 4.69) is 4.90 Å². The average molecular weight is 257 g/mol. The molecule has 0 radical (unpaired) electrons. The second kappa shape index (κ2) is 6.84. The Labute approximate surface area is 109 Å². The van der Waals surface area contributed by atoms with Crippen LogP contribution in [0, 0.1) is 0 Å². The lowest BCUT2D eigenvalue weighted by Crippen LogP contribution is -2.23. The average Bonchev–Trinajstić information content (AvgIpc) is 2.28. The Balaban J connectivity index is 2.70. The number of rotatable bonds is 6. The quantitative estimate of drug-likeness (QED) is 0.796. The van der Waals surface area contributed by atoms with E-state index in [9.17, 15) is 0 Å². The molecule has 3 nitrogen and oxygen atoms in total. The van der Waals surface area contributed by atoms with Crippen LogP contribution in [0.4, 0.5) is 5.69 Å². The zero-order valence-corrected chi connectivity index (χ0v) is 11.5. The number of nitrogens with zero attached hydrogens (tertiary/aromatic N) is 1. The van der Waals surface area contributed by atoms with Gasteiger partial charge in [-0.25, -0.2) is 0 Å². The van der Waals surface area contributed by atoms with E-state index in [1.807, 2.05) is 39.1 Å². The molecule has 0 heterocycles. The molecule has 0 bridgehead atoms. The second-order valence-electron chi connectivity index (χ2n) is 4.12. The smallest absolute Gasteiger partial charge is 0.0642 e. The van der Waals surface area contributed by atoms with E-state index >= 15 is 0 Å². The molecule has 96 valence electrons. The molecule has 0 unspecified atom stereocenters. The highest BCUT2D eigenvalue weighted by molar-refractivity contribution is 6.33. The largest absolute Gasteiger partial charge is 0.380 e. The summed E-state index contributed by atoms with van der Waals surface area (Å²) in [5, 5.41) is 0.735. The van der Waals surface area contributed by atoms with Crippen LogP contribution in [0.25, 0.3) is 0 Å². The van der Waals surface area contributed by atoms with Crippen molar-refractivity contribution in [1.29, 1.82) is 0 Å². The maximum absolute atomic E-state index is 6.24. The van der Waals surface area contributed by atoms with Gasteiger partial charge in [-0.2, -0.15) is 0 Å². The molecule has 0 saturated carbocycles. The van der Waals surface area contributed by atoms with Crippen LogP contribution in [0.2, 0.25) is 5.02 Å². The van der Waals surface area contributed by atoms with Crippen LogP contribution in [0.1, 0.15) is 25.5 Å². The Bertz CT molecular complexity index is 355. The summed E-state index contributed by atoms with van der Waals surface area (Å²) in [6.45, 7) is 6.21. The lowest BCUT2D eigenvalue weighted by atomic mass is 10.1. The predicted molar refractivity (Wildman–Crippen MR) is 73.8 cm³/mol. The molecule has 0 fully saturated rings. The van der Waals surface area contributed by atoms with Gasteiger partial charge in [-0.1, -0.05) is 17.7 Å². The number of anilines is 1. The second-order valence-corrected chi connectivity index (χ2v) is 4.53. The predicted octanol–water partition coefficient (Wildman–Crippen LogP) is 2.83. The summed E-state index contributed by atoms with van der Waals surface area (Å²) in [4.78, 5) is 2.09. The molecule has 1 atom stereocenters. The fourth-order valence-electron chi connectivity index (χ4n) is 1.58. The Morgan fingerprint density at radius 1 is 1.47 bits per heavy atom. The fraction of sp³-hybridized carbons (Fsp3) is 0.538. The Hall–Kier alpha value is -0.770. The van der Waals surface area contributed by atoms with Gasteiger partial charge >= 0.3 is 0 Å². The highest BCUT2D eigenvalue weighted by atomic mass is 35.5. The normalized spacial score (nSPS) is 12.5. The molecule has 0 aromatic heterocycles.